The highest BCUT2D eigenvalue weighted by Gasteiger charge is 2.38. The molecule has 0 unspecified atom stereocenters. The van der Waals surface area contributed by atoms with Crippen LogP contribution in [0.5, 0.6) is 11.5 Å². The van der Waals surface area contributed by atoms with E-state index in [9.17, 15) is 14.4 Å². The van der Waals surface area contributed by atoms with Crippen LogP contribution in [0.3, 0.4) is 0 Å². The van der Waals surface area contributed by atoms with Gasteiger partial charge in [0.05, 0.1) is 25.8 Å². The van der Waals surface area contributed by atoms with Gasteiger partial charge in [-0.15, -0.1) is 0 Å². The highest BCUT2D eigenvalue weighted by molar-refractivity contribution is 6.02. The first-order chi connectivity index (χ1) is 14.5. The maximum absolute atomic E-state index is 12.7. The SMILES string of the molecule is CC[C@H](OC(=O)[C@H]1CC(=O)N(c2cc(OC)ccc2OC)C1)C(=O)c1ccccc1. The number of nitrogens with zero attached hydrogens (tertiary/aromatic N) is 1. The van der Waals surface area contributed by atoms with E-state index in [1.54, 1.807) is 49.4 Å². The molecule has 1 amide bonds. The summed E-state index contributed by atoms with van der Waals surface area (Å²) >= 11 is 0. The van der Waals surface area contributed by atoms with Crippen LogP contribution in [-0.4, -0.2) is 44.5 Å². The first-order valence-electron chi connectivity index (χ1n) is 9.80. The summed E-state index contributed by atoms with van der Waals surface area (Å²) in [6, 6.07) is 13.8. The number of hydrogen-bond donors (Lipinski definition) is 0. The van der Waals surface area contributed by atoms with Crippen LogP contribution in [0.1, 0.15) is 30.1 Å². The molecule has 0 aromatic heterocycles. The number of carbonyl (C=O) groups excluding carboxylic acids is 3. The Morgan fingerprint density at radius 2 is 1.83 bits per heavy atom. The van der Waals surface area contributed by atoms with Crippen LogP contribution in [0.25, 0.3) is 0 Å². The minimum absolute atomic E-state index is 0.00909. The number of esters is 1. The van der Waals surface area contributed by atoms with Crippen LogP contribution in [0.4, 0.5) is 5.69 Å². The Morgan fingerprint density at radius 1 is 1.10 bits per heavy atom. The van der Waals surface area contributed by atoms with E-state index in [2.05, 4.69) is 0 Å². The van der Waals surface area contributed by atoms with Crippen molar-refractivity contribution in [1.29, 1.82) is 0 Å². The normalized spacial score (nSPS) is 16.8. The van der Waals surface area contributed by atoms with Crippen molar-refractivity contribution < 1.29 is 28.6 Å². The third-order valence-corrected chi connectivity index (χ3v) is 5.12. The summed E-state index contributed by atoms with van der Waals surface area (Å²) in [6.07, 6.45) is -0.515. The summed E-state index contributed by atoms with van der Waals surface area (Å²) in [7, 11) is 3.05. The predicted molar refractivity (Wildman–Crippen MR) is 111 cm³/mol. The van der Waals surface area contributed by atoms with Gasteiger partial charge in [-0.1, -0.05) is 37.3 Å². The maximum Gasteiger partial charge on any atom is 0.312 e. The number of hydrogen-bond acceptors (Lipinski definition) is 6. The van der Waals surface area contributed by atoms with Gasteiger partial charge in [-0.3, -0.25) is 14.4 Å². The summed E-state index contributed by atoms with van der Waals surface area (Å²) in [4.78, 5) is 39.5. The number of ketones is 1. The molecule has 2 aromatic rings. The standard InChI is InChI=1S/C23H25NO6/c1-4-19(22(26)15-8-6-5-7-9-15)30-23(27)16-12-21(25)24(14-16)18-13-17(28-2)10-11-20(18)29-3/h5-11,13,16,19H,4,12,14H2,1-3H3/t16-,19-/m0/s1. The molecule has 0 N–H and O–H groups in total. The van der Waals surface area contributed by atoms with E-state index >= 15 is 0 Å². The molecule has 0 spiro atoms. The van der Waals surface area contributed by atoms with E-state index in [-0.39, 0.29) is 24.7 Å². The van der Waals surface area contributed by atoms with Gasteiger partial charge in [-0.25, -0.2) is 0 Å². The van der Waals surface area contributed by atoms with Gasteiger partial charge in [-0.05, 0) is 18.6 Å². The number of ether oxygens (including phenoxy) is 3. The average Bonchev–Trinajstić information content (AvgIpc) is 3.18. The Balaban J connectivity index is 1.73. The molecule has 2 atom stereocenters. The number of rotatable bonds is 8. The van der Waals surface area contributed by atoms with Crippen LogP contribution in [-0.2, 0) is 14.3 Å². The van der Waals surface area contributed by atoms with Crippen molar-refractivity contribution in [2.45, 2.75) is 25.9 Å². The lowest BCUT2D eigenvalue weighted by molar-refractivity contribution is -0.151. The van der Waals surface area contributed by atoms with Crippen molar-refractivity contribution >= 4 is 23.3 Å². The van der Waals surface area contributed by atoms with Gasteiger partial charge in [0.1, 0.15) is 11.5 Å². The van der Waals surface area contributed by atoms with E-state index in [1.165, 1.54) is 19.1 Å². The number of benzene rings is 2. The second kappa shape index (κ2) is 9.43. The molecule has 0 radical (unpaired) electrons. The fourth-order valence-electron chi connectivity index (χ4n) is 3.45. The van der Waals surface area contributed by atoms with E-state index in [1.807, 2.05) is 6.07 Å². The summed E-state index contributed by atoms with van der Waals surface area (Å²) in [5.41, 5.74) is 1.02. The second-order valence-corrected chi connectivity index (χ2v) is 7.01. The largest absolute Gasteiger partial charge is 0.497 e. The molecule has 1 saturated heterocycles. The molecule has 1 heterocycles. The molecule has 7 heteroatoms. The topological polar surface area (TPSA) is 82.1 Å². The summed E-state index contributed by atoms with van der Waals surface area (Å²) in [5, 5.41) is 0. The molecule has 7 nitrogen and oxygen atoms in total. The van der Waals surface area contributed by atoms with E-state index in [0.29, 0.717) is 29.2 Å². The van der Waals surface area contributed by atoms with E-state index < -0.39 is 18.0 Å². The Bertz CT molecular complexity index is 927. The number of amides is 1. The molecule has 3 rings (SSSR count). The number of Topliss-reactive ketones (excluding diaryl/α,β-unsaturated/α-hetero) is 1. The molecule has 2 aromatic carbocycles. The Hall–Kier alpha value is -3.35. The summed E-state index contributed by atoms with van der Waals surface area (Å²) in [6.45, 7) is 1.93. The van der Waals surface area contributed by atoms with Gasteiger partial charge in [0.15, 0.2) is 6.10 Å². The zero-order chi connectivity index (χ0) is 21.7. The van der Waals surface area contributed by atoms with Gasteiger partial charge < -0.3 is 19.1 Å². The first-order valence-corrected chi connectivity index (χ1v) is 9.80. The van der Waals surface area contributed by atoms with Gasteiger partial charge in [0, 0.05) is 24.6 Å². The number of carbonyl (C=O) groups is 3. The van der Waals surface area contributed by atoms with Crippen LogP contribution < -0.4 is 14.4 Å². The Kier molecular flexibility index (Phi) is 6.72. The molecule has 1 aliphatic heterocycles. The zero-order valence-electron chi connectivity index (χ0n) is 17.3. The van der Waals surface area contributed by atoms with E-state index in [4.69, 9.17) is 14.2 Å². The molecule has 158 valence electrons. The molecule has 1 aliphatic rings. The fraction of sp³-hybridized carbons (Fsp3) is 0.348. The monoisotopic (exact) mass is 411 g/mol. The van der Waals surface area contributed by atoms with Crippen molar-refractivity contribution in [2.24, 2.45) is 5.92 Å². The Labute approximate surface area is 175 Å². The average molecular weight is 411 g/mol. The van der Waals surface area contributed by atoms with Crippen LogP contribution in [0, 0.1) is 5.92 Å². The van der Waals surface area contributed by atoms with Crippen LogP contribution >= 0.6 is 0 Å². The van der Waals surface area contributed by atoms with Gasteiger partial charge in [0.2, 0.25) is 11.7 Å². The molecular weight excluding hydrogens is 386 g/mol. The quantitative estimate of drug-likeness (QED) is 0.490. The lowest BCUT2D eigenvalue weighted by atomic mass is 10.0. The lowest BCUT2D eigenvalue weighted by Gasteiger charge is -2.21. The van der Waals surface area contributed by atoms with Crippen molar-refractivity contribution in [3.63, 3.8) is 0 Å². The van der Waals surface area contributed by atoms with Gasteiger partial charge >= 0.3 is 5.97 Å². The van der Waals surface area contributed by atoms with Crippen molar-refractivity contribution in [3.8, 4) is 11.5 Å². The van der Waals surface area contributed by atoms with Crippen molar-refractivity contribution in [3.05, 3.63) is 54.1 Å². The minimum Gasteiger partial charge on any atom is -0.497 e. The molecule has 1 fully saturated rings. The first kappa shape index (κ1) is 21.4. The summed E-state index contributed by atoms with van der Waals surface area (Å²) < 4.78 is 16.1. The smallest absolute Gasteiger partial charge is 0.312 e. The van der Waals surface area contributed by atoms with Crippen LogP contribution in [0.2, 0.25) is 0 Å². The minimum atomic E-state index is -0.879. The zero-order valence-corrected chi connectivity index (χ0v) is 17.3. The predicted octanol–water partition coefficient (Wildman–Crippen LogP) is 3.26. The molecule has 0 aliphatic carbocycles. The molecule has 30 heavy (non-hydrogen) atoms. The molecule has 0 saturated carbocycles. The molecular formula is C23H25NO6. The number of anilines is 1. The third kappa shape index (κ3) is 4.45. The maximum atomic E-state index is 12.7. The van der Waals surface area contributed by atoms with Gasteiger partial charge in [-0.2, -0.15) is 0 Å². The second-order valence-electron chi connectivity index (χ2n) is 7.01. The van der Waals surface area contributed by atoms with Crippen molar-refractivity contribution in [2.75, 3.05) is 25.7 Å². The highest BCUT2D eigenvalue weighted by Crippen LogP contribution is 2.36. The molecule has 0 bridgehead atoms. The van der Waals surface area contributed by atoms with Crippen molar-refractivity contribution in [1.82, 2.24) is 0 Å². The highest BCUT2D eigenvalue weighted by atomic mass is 16.5. The number of methoxy groups -OCH3 is 2. The fourth-order valence-corrected chi connectivity index (χ4v) is 3.45. The Morgan fingerprint density at radius 3 is 2.47 bits per heavy atom. The lowest BCUT2D eigenvalue weighted by Crippen LogP contribution is -2.31. The van der Waals surface area contributed by atoms with Crippen LogP contribution in [0.15, 0.2) is 48.5 Å². The third-order valence-electron chi connectivity index (χ3n) is 5.12. The summed E-state index contributed by atoms with van der Waals surface area (Å²) in [5.74, 6) is -0.601. The van der Waals surface area contributed by atoms with E-state index in [0.717, 1.165) is 0 Å². The van der Waals surface area contributed by atoms with Gasteiger partial charge in [0.25, 0.3) is 0 Å².